The number of carbonyl (C=O) groups is 1. The fourth-order valence-electron chi connectivity index (χ4n) is 3.12. The SMILES string of the molecule is Cn1nc(-c2ccncc2)cc1NC(=O)[C@H](Cc1ccccc1)NCc1cscn1. The highest BCUT2D eigenvalue weighted by atomic mass is 32.1. The second-order valence-electron chi connectivity index (χ2n) is 6.87. The number of pyridine rings is 1. The van der Waals surface area contributed by atoms with Gasteiger partial charge in [0.15, 0.2) is 0 Å². The number of nitrogens with zero attached hydrogens (tertiary/aromatic N) is 4. The summed E-state index contributed by atoms with van der Waals surface area (Å²) in [5, 5.41) is 12.8. The highest BCUT2D eigenvalue weighted by molar-refractivity contribution is 7.07. The van der Waals surface area contributed by atoms with Crippen molar-refractivity contribution in [2.45, 2.75) is 19.0 Å². The molecule has 0 unspecified atom stereocenters. The first kappa shape index (κ1) is 19.9. The summed E-state index contributed by atoms with van der Waals surface area (Å²) in [7, 11) is 1.81. The molecule has 0 saturated carbocycles. The smallest absolute Gasteiger partial charge is 0.243 e. The Morgan fingerprint density at radius 1 is 1.17 bits per heavy atom. The van der Waals surface area contributed by atoms with Crippen LogP contribution in [-0.4, -0.2) is 31.7 Å². The fourth-order valence-corrected chi connectivity index (χ4v) is 3.68. The van der Waals surface area contributed by atoms with Crippen LogP contribution in [-0.2, 0) is 24.8 Å². The third-order valence-electron chi connectivity index (χ3n) is 4.72. The molecule has 1 amide bonds. The average Bonchev–Trinajstić information content (AvgIpc) is 3.42. The Morgan fingerprint density at radius 2 is 1.97 bits per heavy atom. The molecule has 0 saturated heterocycles. The van der Waals surface area contributed by atoms with Gasteiger partial charge in [-0.15, -0.1) is 11.3 Å². The molecule has 3 heterocycles. The molecule has 4 aromatic rings. The number of carbonyl (C=O) groups excluding carboxylic acids is 1. The van der Waals surface area contributed by atoms with Gasteiger partial charge in [0, 0.05) is 43.0 Å². The Balaban J connectivity index is 1.50. The first-order chi connectivity index (χ1) is 14.7. The van der Waals surface area contributed by atoms with Gasteiger partial charge in [-0.25, -0.2) is 4.98 Å². The van der Waals surface area contributed by atoms with E-state index in [1.807, 2.05) is 61.0 Å². The lowest BCUT2D eigenvalue weighted by molar-refractivity contribution is -0.118. The summed E-state index contributed by atoms with van der Waals surface area (Å²) in [5.41, 5.74) is 5.53. The Hall–Kier alpha value is -3.36. The van der Waals surface area contributed by atoms with Gasteiger partial charge in [-0.1, -0.05) is 30.3 Å². The van der Waals surface area contributed by atoms with Gasteiger partial charge in [0.1, 0.15) is 5.82 Å². The number of anilines is 1. The van der Waals surface area contributed by atoms with Crippen LogP contribution in [0.3, 0.4) is 0 Å². The molecule has 2 N–H and O–H groups in total. The van der Waals surface area contributed by atoms with Crippen LogP contribution in [0.15, 0.2) is 71.8 Å². The van der Waals surface area contributed by atoms with E-state index in [0.29, 0.717) is 18.8 Å². The van der Waals surface area contributed by atoms with Crippen LogP contribution in [0.4, 0.5) is 5.82 Å². The summed E-state index contributed by atoms with van der Waals surface area (Å²) in [6.07, 6.45) is 4.02. The number of amides is 1. The van der Waals surface area contributed by atoms with Crippen LogP contribution in [0.25, 0.3) is 11.3 Å². The summed E-state index contributed by atoms with van der Waals surface area (Å²) < 4.78 is 1.67. The Kier molecular flexibility index (Phi) is 6.26. The van der Waals surface area contributed by atoms with Crippen molar-refractivity contribution in [3.8, 4) is 11.3 Å². The van der Waals surface area contributed by atoms with Crippen LogP contribution in [0, 0.1) is 0 Å². The minimum atomic E-state index is -0.409. The summed E-state index contributed by atoms with van der Waals surface area (Å²) in [4.78, 5) is 21.5. The second-order valence-corrected chi connectivity index (χ2v) is 7.59. The molecule has 0 aliphatic rings. The van der Waals surface area contributed by atoms with Crippen molar-refractivity contribution in [2.75, 3.05) is 5.32 Å². The van der Waals surface area contributed by atoms with E-state index in [0.717, 1.165) is 22.5 Å². The molecule has 0 radical (unpaired) electrons. The maximum absolute atomic E-state index is 13.1. The predicted octanol–water partition coefficient (Wildman–Crippen LogP) is 3.28. The second kappa shape index (κ2) is 9.43. The van der Waals surface area contributed by atoms with Gasteiger partial charge in [-0.3, -0.25) is 19.8 Å². The van der Waals surface area contributed by atoms with E-state index in [2.05, 4.69) is 25.7 Å². The molecular weight excluding hydrogens is 396 g/mol. The summed E-state index contributed by atoms with van der Waals surface area (Å²) in [6, 6.07) is 15.2. The molecule has 3 aromatic heterocycles. The fraction of sp³-hybridized carbons (Fsp3) is 0.182. The van der Waals surface area contributed by atoms with Gasteiger partial charge in [-0.05, 0) is 24.1 Å². The Labute approximate surface area is 178 Å². The number of aromatic nitrogens is 4. The molecule has 4 rings (SSSR count). The standard InChI is InChI=1S/C22H22N6OS/c1-28-21(12-19(27-28)17-7-9-23-10-8-17)26-22(29)20(11-16-5-3-2-4-6-16)24-13-18-14-30-15-25-18/h2-10,12,14-15,20,24H,11,13H2,1H3,(H,26,29)/t20-/m0/s1. The van der Waals surface area contributed by atoms with Crippen molar-refractivity contribution in [1.82, 2.24) is 25.1 Å². The molecule has 30 heavy (non-hydrogen) atoms. The van der Waals surface area contributed by atoms with E-state index in [1.54, 1.807) is 33.9 Å². The minimum Gasteiger partial charge on any atom is -0.310 e. The Bertz CT molecular complexity index is 1080. The molecule has 7 nitrogen and oxygen atoms in total. The zero-order valence-corrected chi connectivity index (χ0v) is 17.3. The van der Waals surface area contributed by atoms with E-state index in [4.69, 9.17) is 0 Å². The molecule has 0 aliphatic carbocycles. The van der Waals surface area contributed by atoms with Gasteiger partial charge in [0.25, 0.3) is 0 Å². The molecular formula is C22H22N6OS. The maximum Gasteiger partial charge on any atom is 0.243 e. The van der Waals surface area contributed by atoms with Crippen molar-refractivity contribution in [1.29, 1.82) is 0 Å². The minimum absolute atomic E-state index is 0.113. The molecule has 0 fully saturated rings. The third-order valence-corrected chi connectivity index (χ3v) is 5.35. The zero-order valence-electron chi connectivity index (χ0n) is 16.5. The third kappa shape index (κ3) is 4.97. The van der Waals surface area contributed by atoms with Crippen LogP contribution in [0.5, 0.6) is 0 Å². The number of thiazole rings is 1. The number of rotatable bonds is 8. The Morgan fingerprint density at radius 3 is 2.70 bits per heavy atom. The number of hydrogen-bond acceptors (Lipinski definition) is 6. The van der Waals surface area contributed by atoms with Gasteiger partial charge >= 0.3 is 0 Å². The topological polar surface area (TPSA) is 84.7 Å². The summed E-state index contributed by atoms with van der Waals surface area (Å²) in [5.74, 6) is 0.527. The van der Waals surface area contributed by atoms with E-state index in [-0.39, 0.29) is 5.91 Å². The lowest BCUT2D eigenvalue weighted by Gasteiger charge is -2.18. The van der Waals surface area contributed by atoms with Crippen LogP contribution >= 0.6 is 11.3 Å². The highest BCUT2D eigenvalue weighted by Gasteiger charge is 2.21. The van der Waals surface area contributed by atoms with Crippen LogP contribution < -0.4 is 10.6 Å². The monoisotopic (exact) mass is 418 g/mol. The largest absolute Gasteiger partial charge is 0.310 e. The predicted molar refractivity (Wildman–Crippen MR) is 118 cm³/mol. The first-order valence-electron chi connectivity index (χ1n) is 9.59. The lowest BCUT2D eigenvalue weighted by atomic mass is 10.1. The number of hydrogen-bond donors (Lipinski definition) is 2. The highest BCUT2D eigenvalue weighted by Crippen LogP contribution is 2.21. The number of aryl methyl sites for hydroxylation is 1. The van der Waals surface area contributed by atoms with Gasteiger partial charge < -0.3 is 5.32 Å². The van der Waals surface area contributed by atoms with Crippen molar-refractivity contribution in [2.24, 2.45) is 7.05 Å². The summed E-state index contributed by atoms with van der Waals surface area (Å²) >= 11 is 1.54. The van der Waals surface area contributed by atoms with Crippen LogP contribution in [0.1, 0.15) is 11.3 Å². The van der Waals surface area contributed by atoms with E-state index in [1.165, 1.54) is 0 Å². The van der Waals surface area contributed by atoms with Gasteiger partial charge in [0.05, 0.1) is 22.9 Å². The zero-order chi connectivity index (χ0) is 20.8. The van der Waals surface area contributed by atoms with E-state index >= 15 is 0 Å². The van der Waals surface area contributed by atoms with Crippen molar-refractivity contribution in [3.63, 3.8) is 0 Å². The molecule has 152 valence electrons. The molecule has 0 bridgehead atoms. The lowest BCUT2D eigenvalue weighted by Crippen LogP contribution is -2.42. The molecule has 1 aromatic carbocycles. The number of benzene rings is 1. The van der Waals surface area contributed by atoms with Crippen LogP contribution in [0.2, 0.25) is 0 Å². The maximum atomic E-state index is 13.1. The average molecular weight is 419 g/mol. The van der Waals surface area contributed by atoms with E-state index in [9.17, 15) is 4.79 Å². The molecule has 8 heteroatoms. The van der Waals surface area contributed by atoms with Crippen molar-refractivity contribution < 1.29 is 4.79 Å². The normalized spacial score (nSPS) is 11.9. The molecule has 1 atom stereocenters. The number of nitrogens with one attached hydrogen (secondary N) is 2. The quantitative estimate of drug-likeness (QED) is 0.459. The van der Waals surface area contributed by atoms with Gasteiger partial charge in [-0.2, -0.15) is 5.10 Å². The molecule has 0 spiro atoms. The first-order valence-corrected chi connectivity index (χ1v) is 10.5. The van der Waals surface area contributed by atoms with Crippen molar-refractivity contribution in [3.05, 3.63) is 83.1 Å². The van der Waals surface area contributed by atoms with E-state index < -0.39 is 6.04 Å². The van der Waals surface area contributed by atoms with Crippen molar-refractivity contribution >= 4 is 23.1 Å². The van der Waals surface area contributed by atoms with Gasteiger partial charge in [0.2, 0.25) is 5.91 Å². The summed E-state index contributed by atoms with van der Waals surface area (Å²) in [6.45, 7) is 0.530. The molecule has 0 aliphatic heterocycles.